The number of hydrogen-bond donors (Lipinski definition) is 1. The predicted octanol–water partition coefficient (Wildman–Crippen LogP) is 1.79. The lowest BCUT2D eigenvalue weighted by atomic mass is 10.2. The van der Waals surface area contributed by atoms with Crippen LogP contribution in [0.1, 0.15) is 13.8 Å². The summed E-state index contributed by atoms with van der Waals surface area (Å²) in [5.41, 5.74) is 0.796. The Morgan fingerprint density at radius 2 is 1.82 bits per heavy atom. The number of para-hydroxylation sites is 1. The fourth-order valence-corrected chi connectivity index (χ4v) is 2.44. The van der Waals surface area contributed by atoms with E-state index in [9.17, 15) is 9.59 Å². The average Bonchev–Trinajstić information content (AvgIpc) is 2.55. The Balaban J connectivity index is 1.83. The molecule has 2 rings (SSSR count). The number of benzene rings is 1. The maximum absolute atomic E-state index is 12.3. The van der Waals surface area contributed by atoms with Crippen LogP contribution in [-0.4, -0.2) is 60.6 Å². The topological polar surface area (TPSA) is 61.9 Å². The molecule has 0 radical (unpaired) electrons. The molecule has 22 heavy (non-hydrogen) atoms. The standard InChI is InChI=1S/C16H23N3O3/c1-3-22-16(21)19-11-9-18(10-12-19)13(2)15(20)17-14-7-5-4-6-8-14/h4-8,13H,3,9-12H2,1-2H3,(H,17,20)/t13-/m0/s1. The van der Waals surface area contributed by atoms with Gasteiger partial charge in [0.1, 0.15) is 0 Å². The van der Waals surface area contributed by atoms with Gasteiger partial charge in [0.15, 0.2) is 0 Å². The lowest BCUT2D eigenvalue weighted by Crippen LogP contribution is -2.54. The number of rotatable bonds is 4. The fraction of sp³-hybridized carbons (Fsp3) is 0.500. The second-order valence-corrected chi connectivity index (χ2v) is 5.25. The zero-order chi connectivity index (χ0) is 15.9. The largest absolute Gasteiger partial charge is 0.450 e. The normalized spacial score (nSPS) is 16.9. The Kier molecular flexibility index (Phi) is 5.77. The minimum absolute atomic E-state index is 0.0317. The Hall–Kier alpha value is -2.08. The summed E-state index contributed by atoms with van der Waals surface area (Å²) < 4.78 is 4.99. The predicted molar refractivity (Wildman–Crippen MR) is 84.7 cm³/mol. The molecule has 1 saturated heterocycles. The molecule has 0 spiro atoms. The molecule has 1 fully saturated rings. The highest BCUT2D eigenvalue weighted by Gasteiger charge is 2.27. The van der Waals surface area contributed by atoms with Gasteiger partial charge in [0, 0.05) is 31.9 Å². The van der Waals surface area contributed by atoms with Crippen molar-refractivity contribution in [3.05, 3.63) is 30.3 Å². The highest BCUT2D eigenvalue weighted by Crippen LogP contribution is 2.11. The molecule has 1 aromatic rings. The van der Waals surface area contributed by atoms with Gasteiger partial charge in [0.25, 0.3) is 0 Å². The lowest BCUT2D eigenvalue weighted by Gasteiger charge is -2.36. The molecule has 1 aromatic carbocycles. The van der Waals surface area contributed by atoms with Crippen LogP contribution in [-0.2, 0) is 9.53 Å². The summed E-state index contributed by atoms with van der Waals surface area (Å²) in [4.78, 5) is 27.7. The number of ether oxygens (including phenoxy) is 1. The van der Waals surface area contributed by atoms with E-state index in [0.717, 1.165) is 5.69 Å². The Morgan fingerprint density at radius 1 is 1.18 bits per heavy atom. The van der Waals surface area contributed by atoms with Crippen LogP contribution < -0.4 is 5.32 Å². The number of nitrogens with zero attached hydrogens (tertiary/aromatic N) is 2. The van der Waals surface area contributed by atoms with Crippen molar-refractivity contribution in [1.82, 2.24) is 9.80 Å². The maximum atomic E-state index is 12.3. The molecule has 120 valence electrons. The Bertz CT molecular complexity index is 499. The van der Waals surface area contributed by atoms with E-state index in [2.05, 4.69) is 10.2 Å². The van der Waals surface area contributed by atoms with E-state index in [-0.39, 0.29) is 18.0 Å². The summed E-state index contributed by atoms with van der Waals surface area (Å²) >= 11 is 0. The smallest absolute Gasteiger partial charge is 0.409 e. The second kappa shape index (κ2) is 7.79. The van der Waals surface area contributed by atoms with Gasteiger partial charge in [-0.25, -0.2) is 4.79 Å². The molecule has 6 nitrogen and oxygen atoms in total. The van der Waals surface area contributed by atoms with Crippen LogP contribution >= 0.6 is 0 Å². The molecule has 1 aliphatic rings. The molecule has 0 aliphatic carbocycles. The van der Waals surface area contributed by atoms with Gasteiger partial charge in [-0.1, -0.05) is 18.2 Å². The van der Waals surface area contributed by atoms with Gasteiger partial charge in [-0.05, 0) is 26.0 Å². The summed E-state index contributed by atoms with van der Waals surface area (Å²) in [5.74, 6) is -0.0317. The maximum Gasteiger partial charge on any atom is 0.409 e. The van der Waals surface area contributed by atoms with Crippen molar-refractivity contribution < 1.29 is 14.3 Å². The number of amides is 2. The molecule has 2 amide bonds. The van der Waals surface area contributed by atoms with E-state index in [0.29, 0.717) is 32.8 Å². The number of hydrogen-bond acceptors (Lipinski definition) is 4. The molecule has 1 N–H and O–H groups in total. The van der Waals surface area contributed by atoms with Crippen LogP contribution in [0.2, 0.25) is 0 Å². The van der Waals surface area contributed by atoms with Crippen LogP contribution in [0.15, 0.2) is 30.3 Å². The van der Waals surface area contributed by atoms with Gasteiger partial charge in [0.2, 0.25) is 5.91 Å². The van der Waals surface area contributed by atoms with E-state index in [1.54, 1.807) is 11.8 Å². The van der Waals surface area contributed by atoms with Gasteiger partial charge >= 0.3 is 6.09 Å². The summed E-state index contributed by atoms with van der Waals surface area (Å²) in [7, 11) is 0. The number of carbonyl (C=O) groups is 2. The van der Waals surface area contributed by atoms with Crippen LogP contribution in [0.4, 0.5) is 10.5 Å². The van der Waals surface area contributed by atoms with Crippen molar-refractivity contribution in [2.75, 3.05) is 38.1 Å². The van der Waals surface area contributed by atoms with Crippen LogP contribution in [0.5, 0.6) is 0 Å². The number of nitrogens with one attached hydrogen (secondary N) is 1. The quantitative estimate of drug-likeness (QED) is 0.921. The zero-order valence-electron chi connectivity index (χ0n) is 13.1. The minimum atomic E-state index is -0.274. The van der Waals surface area contributed by atoms with Gasteiger partial charge in [-0.3, -0.25) is 9.69 Å². The molecule has 0 aromatic heterocycles. The van der Waals surface area contributed by atoms with Gasteiger partial charge in [-0.2, -0.15) is 0 Å². The van der Waals surface area contributed by atoms with Gasteiger partial charge in [-0.15, -0.1) is 0 Å². The van der Waals surface area contributed by atoms with Crippen LogP contribution in [0.25, 0.3) is 0 Å². The first kappa shape index (κ1) is 16.3. The zero-order valence-corrected chi connectivity index (χ0v) is 13.1. The van der Waals surface area contributed by atoms with E-state index in [1.807, 2.05) is 37.3 Å². The number of piperazine rings is 1. The molecule has 1 aliphatic heterocycles. The molecule has 0 saturated carbocycles. The third-order valence-electron chi connectivity index (χ3n) is 3.81. The Morgan fingerprint density at radius 3 is 2.41 bits per heavy atom. The number of carbonyl (C=O) groups excluding carboxylic acids is 2. The highest BCUT2D eigenvalue weighted by molar-refractivity contribution is 5.94. The van der Waals surface area contributed by atoms with E-state index < -0.39 is 0 Å². The minimum Gasteiger partial charge on any atom is -0.450 e. The first-order valence-electron chi connectivity index (χ1n) is 7.63. The van der Waals surface area contributed by atoms with Crippen LogP contribution in [0, 0.1) is 0 Å². The summed E-state index contributed by atoms with van der Waals surface area (Å²) in [6.07, 6.45) is -0.274. The molecule has 0 bridgehead atoms. The SMILES string of the molecule is CCOC(=O)N1CCN([C@@H](C)C(=O)Nc2ccccc2)CC1. The van der Waals surface area contributed by atoms with Crippen molar-refractivity contribution in [2.45, 2.75) is 19.9 Å². The second-order valence-electron chi connectivity index (χ2n) is 5.25. The summed E-state index contributed by atoms with van der Waals surface area (Å²) in [5, 5.41) is 2.91. The molecule has 1 heterocycles. The van der Waals surface area contributed by atoms with Crippen molar-refractivity contribution in [1.29, 1.82) is 0 Å². The molecule has 6 heteroatoms. The molecular formula is C16H23N3O3. The van der Waals surface area contributed by atoms with Crippen molar-refractivity contribution in [3.63, 3.8) is 0 Å². The van der Waals surface area contributed by atoms with E-state index in [4.69, 9.17) is 4.74 Å². The summed E-state index contributed by atoms with van der Waals surface area (Å²) in [6.45, 7) is 6.57. The third-order valence-corrected chi connectivity index (χ3v) is 3.81. The number of anilines is 1. The molecule has 1 atom stereocenters. The van der Waals surface area contributed by atoms with Crippen LogP contribution in [0.3, 0.4) is 0 Å². The van der Waals surface area contributed by atoms with Gasteiger partial charge < -0.3 is 15.0 Å². The first-order valence-corrected chi connectivity index (χ1v) is 7.63. The molecule has 0 unspecified atom stereocenters. The van der Waals surface area contributed by atoms with E-state index in [1.165, 1.54) is 0 Å². The third kappa shape index (κ3) is 4.21. The average molecular weight is 305 g/mol. The first-order chi connectivity index (χ1) is 10.6. The fourth-order valence-electron chi connectivity index (χ4n) is 2.44. The highest BCUT2D eigenvalue weighted by atomic mass is 16.6. The lowest BCUT2D eigenvalue weighted by molar-refractivity contribution is -0.121. The Labute approximate surface area is 131 Å². The van der Waals surface area contributed by atoms with Crippen molar-refractivity contribution >= 4 is 17.7 Å². The van der Waals surface area contributed by atoms with Crippen molar-refractivity contribution in [3.8, 4) is 0 Å². The van der Waals surface area contributed by atoms with Crippen molar-refractivity contribution in [2.24, 2.45) is 0 Å². The summed E-state index contributed by atoms with van der Waals surface area (Å²) in [6, 6.07) is 9.18. The van der Waals surface area contributed by atoms with E-state index >= 15 is 0 Å². The molecular weight excluding hydrogens is 282 g/mol. The monoisotopic (exact) mass is 305 g/mol. The van der Waals surface area contributed by atoms with Gasteiger partial charge in [0.05, 0.1) is 12.6 Å².